The Morgan fingerprint density at radius 2 is 2.00 bits per heavy atom. The second kappa shape index (κ2) is 6.60. The van der Waals surface area contributed by atoms with Gasteiger partial charge in [-0.3, -0.25) is 9.97 Å². The van der Waals surface area contributed by atoms with E-state index in [1.54, 1.807) is 6.20 Å². The van der Waals surface area contributed by atoms with Gasteiger partial charge in [0.05, 0.1) is 21.5 Å². The number of aromatic nitrogens is 3. The fraction of sp³-hybridized carbons (Fsp3) is 0.438. The van der Waals surface area contributed by atoms with Crippen molar-refractivity contribution in [2.75, 3.05) is 18.0 Å². The van der Waals surface area contributed by atoms with Gasteiger partial charge < -0.3 is 9.64 Å². The minimum Gasteiger partial charge on any atom is -0.473 e. The van der Waals surface area contributed by atoms with Gasteiger partial charge in [0.25, 0.3) is 0 Å². The van der Waals surface area contributed by atoms with Gasteiger partial charge in [0.1, 0.15) is 6.10 Å². The summed E-state index contributed by atoms with van der Waals surface area (Å²) in [6.07, 6.45) is 7.59. The number of halogens is 1. The van der Waals surface area contributed by atoms with Gasteiger partial charge in [0.2, 0.25) is 5.88 Å². The highest BCUT2D eigenvalue weighted by atomic mass is 79.9. The van der Waals surface area contributed by atoms with Crippen molar-refractivity contribution in [3.05, 3.63) is 40.5 Å². The van der Waals surface area contributed by atoms with Crippen LogP contribution in [0.3, 0.4) is 0 Å². The van der Waals surface area contributed by atoms with Crippen LogP contribution >= 0.6 is 15.9 Å². The minimum atomic E-state index is 0.201. The molecule has 0 radical (unpaired) electrons. The van der Waals surface area contributed by atoms with E-state index in [1.807, 2.05) is 32.3 Å². The summed E-state index contributed by atoms with van der Waals surface area (Å²) in [5, 5.41) is 0. The zero-order valence-electron chi connectivity index (χ0n) is 12.8. The maximum atomic E-state index is 6.06. The summed E-state index contributed by atoms with van der Waals surface area (Å²) >= 11 is 3.56. The molecule has 0 N–H and O–H groups in total. The SMILES string of the molecule is Cc1cnc(C)c(OC2CCN(c3ccncc3Br)CC2)n1. The predicted octanol–water partition coefficient (Wildman–Crippen LogP) is 3.30. The Labute approximate surface area is 138 Å². The summed E-state index contributed by atoms with van der Waals surface area (Å²) in [6.45, 7) is 5.80. The maximum Gasteiger partial charge on any atom is 0.235 e. The molecule has 1 fully saturated rings. The second-order valence-corrected chi connectivity index (χ2v) is 6.39. The summed E-state index contributed by atoms with van der Waals surface area (Å²) in [5.74, 6) is 0.670. The Balaban J connectivity index is 1.62. The lowest BCUT2D eigenvalue weighted by Gasteiger charge is -2.34. The number of rotatable bonds is 3. The van der Waals surface area contributed by atoms with Crippen molar-refractivity contribution in [1.29, 1.82) is 0 Å². The molecule has 0 unspecified atom stereocenters. The summed E-state index contributed by atoms with van der Waals surface area (Å²) in [6, 6.07) is 2.04. The van der Waals surface area contributed by atoms with Crippen LogP contribution in [0.15, 0.2) is 29.1 Å². The van der Waals surface area contributed by atoms with E-state index in [4.69, 9.17) is 4.74 Å². The van der Waals surface area contributed by atoms with Gasteiger partial charge in [-0.1, -0.05) is 0 Å². The quantitative estimate of drug-likeness (QED) is 0.838. The molecule has 22 heavy (non-hydrogen) atoms. The molecule has 2 aromatic rings. The summed E-state index contributed by atoms with van der Waals surface area (Å²) in [4.78, 5) is 15.2. The smallest absolute Gasteiger partial charge is 0.235 e. The van der Waals surface area contributed by atoms with Crippen molar-refractivity contribution >= 4 is 21.6 Å². The molecule has 5 nitrogen and oxygen atoms in total. The Morgan fingerprint density at radius 3 is 2.73 bits per heavy atom. The van der Waals surface area contributed by atoms with Crippen molar-refractivity contribution in [3.8, 4) is 5.88 Å². The van der Waals surface area contributed by atoms with E-state index in [-0.39, 0.29) is 6.10 Å². The van der Waals surface area contributed by atoms with Crippen LogP contribution in [0.1, 0.15) is 24.2 Å². The van der Waals surface area contributed by atoms with Crippen LogP contribution in [-0.2, 0) is 0 Å². The Hall–Kier alpha value is -1.69. The van der Waals surface area contributed by atoms with E-state index >= 15 is 0 Å². The lowest BCUT2D eigenvalue weighted by atomic mass is 10.1. The normalized spacial score (nSPS) is 15.9. The average molecular weight is 363 g/mol. The number of hydrogen-bond acceptors (Lipinski definition) is 5. The van der Waals surface area contributed by atoms with E-state index in [1.165, 1.54) is 5.69 Å². The van der Waals surface area contributed by atoms with Gasteiger partial charge in [-0.25, -0.2) is 4.98 Å². The van der Waals surface area contributed by atoms with Gasteiger partial charge in [-0.05, 0) is 35.8 Å². The molecule has 0 amide bonds. The lowest BCUT2D eigenvalue weighted by Crippen LogP contribution is -2.38. The topological polar surface area (TPSA) is 51.1 Å². The fourth-order valence-electron chi connectivity index (χ4n) is 2.62. The summed E-state index contributed by atoms with van der Waals surface area (Å²) in [5.41, 5.74) is 2.93. The van der Waals surface area contributed by atoms with Gasteiger partial charge >= 0.3 is 0 Å². The molecule has 0 saturated carbocycles. The molecule has 2 aromatic heterocycles. The predicted molar refractivity (Wildman–Crippen MR) is 89.3 cm³/mol. The van der Waals surface area contributed by atoms with Crippen molar-refractivity contribution in [2.45, 2.75) is 32.8 Å². The lowest BCUT2D eigenvalue weighted by molar-refractivity contribution is 0.161. The van der Waals surface area contributed by atoms with Crippen LogP contribution in [0.2, 0.25) is 0 Å². The first kappa shape index (κ1) is 15.2. The number of ether oxygens (including phenoxy) is 1. The van der Waals surface area contributed by atoms with E-state index in [0.717, 1.165) is 41.8 Å². The molecule has 1 aliphatic rings. The maximum absolute atomic E-state index is 6.06. The van der Waals surface area contributed by atoms with Crippen molar-refractivity contribution in [2.24, 2.45) is 0 Å². The molecule has 6 heteroatoms. The monoisotopic (exact) mass is 362 g/mol. The van der Waals surface area contributed by atoms with Gasteiger partial charge in [0, 0.05) is 44.5 Å². The molecule has 1 saturated heterocycles. The highest BCUT2D eigenvalue weighted by molar-refractivity contribution is 9.10. The molecular formula is C16H19BrN4O. The Bertz CT molecular complexity index is 656. The van der Waals surface area contributed by atoms with Crippen LogP contribution in [0.4, 0.5) is 5.69 Å². The zero-order valence-corrected chi connectivity index (χ0v) is 14.4. The number of piperidine rings is 1. The fourth-order valence-corrected chi connectivity index (χ4v) is 3.12. The average Bonchev–Trinajstić information content (AvgIpc) is 2.52. The standard InChI is InChI=1S/C16H19BrN4O/c1-11-9-19-12(2)16(20-11)22-13-4-7-21(8-5-13)15-3-6-18-10-14(15)17/h3,6,9-10,13H,4-5,7-8H2,1-2H3. The van der Waals surface area contributed by atoms with Crippen molar-refractivity contribution < 1.29 is 4.74 Å². The number of hydrogen-bond donors (Lipinski definition) is 0. The molecule has 0 bridgehead atoms. The number of anilines is 1. The van der Waals surface area contributed by atoms with Crippen LogP contribution < -0.4 is 9.64 Å². The Kier molecular flexibility index (Phi) is 4.57. The number of aryl methyl sites for hydroxylation is 2. The largest absolute Gasteiger partial charge is 0.473 e. The Morgan fingerprint density at radius 1 is 1.23 bits per heavy atom. The second-order valence-electron chi connectivity index (χ2n) is 5.53. The van der Waals surface area contributed by atoms with E-state index in [9.17, 15) is 0 Å². The van der Waals surface area contributed by atoms with Crippen molar-refractivity contribution in [3.63, 3.8) is 0 Å². The summed E-state index contributed by atoms with van der Waals surface area (Å²) < 4.78 is 7.09. The highest BCUT2D eigenvalue weighted by Gasteiger charge is 2.23. The van der Waals surface area contributed by atoms with E-state index < -0.39 is 0 Å². The van der Waals surface area contributed by atoms with Gasteiger partial charge in [-0.15, -0.1) is 0 Å². The third-order valence-corrected chi connectivity index (χ3v) is 4.46. The first-order valence-corrected chi connectivity index (χ1v) is 8.24. The number of pyridine rings is 1. The molecule has 3 rings (SSSR count). The molecular weight excluding hydrogens is 344 g/mol. The molecule has 116 valence electrons. The molecule has 0 aromatic carbocycles. The van der Waals surface area contributed by atoms with E-state index in [2.05, 4.69) is 35.8 Å². The molecule has 3 heterocycles. The third-order valence-electron chi connectivity index (χ3n) is 3.84. The third kappa shape index (κ3) is 3.38. The zero-order chi connectivity index (χ0) is 15.5. The molecule has 0 atom stereocenters. The van der Waals surface area contributed by atoms with Crippen LogP contribution in [0.25, 0.3) is 0 Å². The van der Waals surface area contributed by atoms with Crippen LogP contribution in [0, 0.1) is 13.8 Å². The highest BCUT2D eigenvalue weighted by Crippen LogP contribution is 2.28. The molecule has 0 spiro atoms. The minimum absolute atomic E-state index is 0.201. The van der Waals surface area contributed by atoms with Crippen LogP contribution in [-0.4, -0.2) is 34.1 Å². The van der Waals surface area contributed by atoms with Crippen LogP contribution in [0.5, 0.6) is 5.88 Å². The first-order chi connectivity index (χ1) is 10.6. The first-order valence-electron chi connectivity index (χ1n) is 7.45. The number of nitrogens with zero attached hydrogens (tertiary/aromatic N) is 4. The molecule has 1 aliphatic heterocycles. The van der Waals surface area contributed by atoms with Gasteiger partial charge in [-0.2, -0.15) is 0 Å². The molecule has 0 aliphatic carbocycles. The van der Waals surface area contributed by atoms with Gasteiger partial charge in [0.15, 0.2) is 0 Å². The van der Waals surface area contributed by atoms with Crippen molar-refractivity contribution in [1.82, 2.24) is 15.0 Å². The van der Waals surface area contributed by atoms with E-state index in [0.29, 0.717) is 5.88 Å². The summed E-state index contributed by atoms with van der Waals surface area (Å²) in [7, 11) is 0.